The van der Waals surface area contributed by atoms with Crippen molar-refractivity contribution in [3.05, 3.63) is 0 Å². The third kappa shape index (κ3) is 4.99. The van der Waals surface area contributed by atoms with Gasteiger partial charge in [0.15, 0.2) is 0 Å². The summed E-state index contributed by atoms with van der Waals surface area (Å²) in [6.45, 7) is 0. The Bertz CT molecular complexity index is 404. The first-order valence-electron chi connectivity index (χ1n) is 4.07. The molecule has 0 heterocycles. The van der Waals surface area contributed by atoms with E-state index in [1.165, 1.54) is 0 Å². The number of aliphatic carboxylic acids is 1. The number of hydrogen-bond acceptors (Lipinski definition) is 4. The van der Waals surface area contributed by atoms with Gasteiger partial charge in [-0.3, -0.25) is 9.59 Å². The molecule has 4 N–H and O–H groups in total. The number of nitrogens with one attached hydrogen (secondary N) is 1. The van der Waals surface area contributed by atoms with Crippen LogP contribution in [0.2, 0.25) is 0 Å². The topological polar surface area (TPSA) is 127 Å². The van der Waals surface area contributed by atoms with E-state index in [0.29, 0.717) is 0 Å². The summed E-state index contributed by atoms with van der Waals surface area (Å²) in [6.07, 6.45) is -1.22. The standard InChI is InChI=1S/C6H9F3N2O5S/c7-6(8,9)17(15,16)11-3(5(13)14)1-2-4(10)12/h3,11H,1-2H2,(H2,10,12)(H,13,14)/t3-/m1/s1. The number of nitrogens with two attached hydrogens (primary N) is 1. The van der Waals surface area contributed by atoms with Crippen molar-refractivity contribution in [3.63, 3.8) is 0 Å². The molecule has 0 rings (SSSR count). The number of amides is 1. The molecule has 11 heteroatoms. The van der Waals surface area contributed by atoms with Gasteiger partial charge in [0.25, 0.3) is 0 Å². The van der Waals surface area contributed by atoms with Crippen molar-refractivity contribution in [2.75, 3.05) is 0 Å². The molecule has 100 valence electrons. The van der Waals surface area contributed by atoms with Gasteiger partial charge in [0.2, 0.25) is 5.91 Å². The van der Waals surface area contributed by atoms with Crippen LogP contribution in [-0.2, 0) is 19.6 Å². The highest BCUT2D eigenvalue weighted by Gasteiger charge is 2.47. The third-order valence-electron chi connectivity index (χ3n) is 1.58. The Balaban J connectivity index is 4.79. The largest absolute Gasteiger partial charge is 0.511 e. The quantitative estimate of drug-likeness (QED) is 0.583. The lowest BCUT2D eigenvalue weighted by Crippen LogP contribution is -2.46. The van der Waals surface area contributed by atoms with Crippen molar-refractivity contribution in [3.8, 4) is 0 Å². The first-order chi connectivity index (χ1) is 7.47. The van der Waals surface area contributed by atoms with Crippen LogP contribution in [0.15, 0.2) is 0 Å². The molecule has 0 bridgehead atoms. The molecule has 0 aromatic carbocycles. The number of carboxylic acid groups (broad SMARTS) is 1. The second kappa shape index (κ2) is 5.31. The molecule has 0 unspecified atom stereocenters. The van der Waals surface area contributed by atoms with E-state index in [1.54, 1.807) is 0 Å². The van der Waals surface area contributed by atoms with E-state index in [1.807, 2.05) is 0 Å². The maximum absolute atomic E-state index is 11.9. The average molecular weight is 278 g/mol. The zero-order valence-corrected chi connectivity index (χ0v) is 9.01. The lowest BCUT2D eigenvalue weighted by molar-refractivity contribution is -0.139. The average Bonchev–Trinajstić information content (AvgIpc) is 2.09. The molecule has 0 aromatic rings. The van der Waals surface area contributed by atoms with Crippen LogP contribution in [0.3, 0.4) is 0 Å². The Morgan fingerprint density at radius 2 is 1.82 bits per heavy atom. The summed E-state index contributed by atoms with van der Waals surface area (Å²) in [5, 5.41) is 8.47. The molecule has 1 atom stereocenters. The number of alkyl halides is 3. The minimum absolute atomic E-state index is 0.558. The highest BCUT2D eigenvalue weighted by Crippen LogP contribution is 2.22. The predicted octanol–water partition coefficient (Wildman–Crippen LogP) is -0.856. The van der Waals surface area contributed by atoms with Crippen LogP contribution in [0, 0.1) is 0 Å². The van der Waals surface area contributed by atoms with E-state index in [-0.39, 0.29) is 0 Å². The zero-order chi connectivity index (χ0) is 13.9. The van der Waals surface area contributed by atoms with Crippen molar-refractivity contribution >= 4 is 21.9 Å². The van der Waals surface area contributed by atoms with E-state index in [2.05, 4.69) is 5.73 Å². The summed E-state index contributed by atoms with van der Waals surface area (Å²) in [5.41, 5.74) is -0.959. The normalized spacial score (nSPS) is 14.3. The molecule has 0 aromatic heterocycles. The van der Waals surface area contributed by atoms with Crippen LogP contribution in [0.4, 0.5) is 13.2 Å². The molecule has 0 aliphatic rings. The molecule has 17 heavy (non-hydrogen) atoms. The number of halogens is 3. The molecule has 0 spiro atoms. The number of rotatable bonds is 6. The highest BCUT2D eigenvalue weighted by molar-refractivity contribution is 7.90. The van der Waals surface area contributed by atoms with Gasteiger partial charge in [0.05, 0.1) is 0 Å². The van der Waals surface area contributed by atoms with E-state index < -0.39 is 46.3 Å². The van der Waals surface area contributed by atoms with Crippen molar-refractivity contribution in [1.29, 1.82) is 0 Å². The Labute approximate surface area is 93.8 Å². The van der Waals surface area contributed by atoms with E-state index in [9.17, 15) is 31.2 Å². The number of carbonyl (C=O) groups is 2. The predicted molar refractivity (Wildman–Crippen MR) is 48.0 cm³/mol. The molecule has 0 radical (unpaired) electrons. The fraction of sp³-hybridized carbons (Fsp3) is 0.667. The molecular formula is C6H9F3N2O5S. The van der Waals surface area contributed by atoms with Gasteiger partial charge >= 0.3 is 21.5 Å². The molecule has 0 saturated carbocycles. The lowest BCUT2D eigenvalue weighted by Gasteiger charge is -2.15. The van der Waals surface area contributed by atoms with Gasteiger partial charge in [0, 0.05) is 6.42 Å². The first kappa shape index (κ1) is 15.6. The molecule has 0 saturated heterocycles. The number of sulfonamides is 1. The van der Waals surface area contributed by atoms with Gasteiger partial charge in [-0.05, 0) is 6.42 Å². The summed E-state index contributed by atoms with van der Waals surface area (Å²) in [6, 6.07) is -2.06. The number of carboxylic acids is 1. The monoisotopic (exact) mass is 278 g/mol. The SMILES string of the molecule is NC(=O)CC[C@@H](NS(=O)(=O)C(F)(F)F)C(=O)O. The van der Waals surface area contributed by atoms with Gasteiger partial charge < -0.3 is 10.8 Å². The summed E-state index contributed by atoms with van der Waals surface area (Å²) in [7, 11) is -5.77. The Morgan fingerprint density at radius 1 is 1.35 bits per heavy atom. The Hall–Kier alpha value is -1.36. The molecule has 0 fully saturated rings. The van der Waals surface area contributed by atoms with Crippen LogP contribution in [0.25, 0.3) is 0 Å². The van der Waals surface area contributed by atoms with E-state index in [0.717, 1.165) is 4.72 Å². The van der Waals surface area contributed by atoms with Crippen molar-refractivity contribution in [1.82, 2.24) is 4.72 Å². The first-order valence-corrected chi connectivity index (χ1v) is 5.55. The maximum Gasteiger partial charge on any atom is 0.511 e. The maximum atomic E-state index is 11.9. The fourth-order valence-corrected chi connectivity index (χ4v) is 1.50. The minimum atomic E-state index is -5.77. The summed E-state index contributed by atoms with van der Waals surface area (Å²) >= 11 is 0. The number of hydrogen-bond donors (Lipinski definition) is 3. The molecule has 0 aliphatic carbocycles. The Morgan fingerprint density at radius 3 is 2.12 bits per heavy atom. The van der Waals surface area contributed by atoms with E-state index in [4.69, 9.17) is 5.11 Å². The van der Waals surface area contributed by atoms with Crippen molar-refractivity contribution in [2.45, 2.75) is 24.4 Å². The van der Waals surface area contributed by atoms with Gasteiger partial charge in [-0.25, -0.2) is 8.42 Å². The molecule has 1 amide bonds. The molecule has 7 nitrogen and oxygen atoms in total. The van der Waals surface area contributed by atoms with Gasteiger partial charge in [-0.2, -0.15) is 17.9 Å². The second-order valence-electron chi connectivity index (χ2n) is 2.96. The van der Waals surface area contributed by atoms with E-state index >= 15 is 0 Å². The van der Waals surface area contributed by atoms with Crippen molar-refractivity contribution in [2.24, 2.45) is 5.73 Å². The number of primary amides is 1. The Kier molecular flexibility index (Phi) is 4.89. The van der Waals surface area contributed by atoms with Crippen molar-refractivity contribution < 1.29 is 36.3 Å². The minimum Gasteiger partial charge on any atom is -0.480 e. The van der Waals surface area contributed by atoms with Crippen LogP contribution >= 0.6 is 0 Å². The molecule has 0 aliphatic heterocycles. The fourth-order valence-electron chi connectivity index (χ4n) is 0.774. The summed E-state index contributed by atoms with van der Waals surface area (Å²) in [4.78, 5) is 20.8. The van der Waals surface area contributed by atoms with Crippen LogP contribution in [0.1, 0.15) is 12.8 Å². The summed E-state index contributed by atoms with van der Waals surface area (Å²) < 4.78 is 57.9. The zero-order valence-electron chi connectivity index (χ0n) is 8.19. The highest BCUT2D eigenvalue weighted by atomic mass is 32.2. The lowest BCUT2D eigenvalue weighted by atomic mass is 10.2. The summed E-state index contributed by atoms with van der Waals surface area (Å²) in [5.74, 6) is -2.79. The smallest absolute Gasteiger partial charge is 0.480 e. The van der Waals surface area contributed by atoms with Gasteiger partial charge in [0.1, 0.15) is 6.04 Å². The van der Waals surface area contributed by atoms with Crippen LogP contribution in [-0.4, -0.2) is 37.0 Å². The molecular weight excluding hydrogens is 269 g/mol. The number of carbonyl (C=O) groups excluding carboxylic acids is 1. The van der Waals surface area contributed by atoms with Gasteiger partial charge in [-0.15, -0.1) is 0 Å². The van der Waals surface area contributed by atoms with Crippen LogP contribution in [0.5, 0.6) is 0 Å². The third-order valence-corrected chi connectivity index (χ3v) is 2.78. The van der Waals surface area contributed by atoms with Gasteiger partial charge in [-0.1, -0.05) is 0 Å². The van der Waals surface area contributed by atoms with Crippen LogP contribution < -0.4 is 10.5 Å². The second-order valence-corrected chi connectivity index (χ2v) is 4.67.